The van der Waals surface area contributed by atoms with Gasteiger partial charge in [0.1, 0.15) is 18.2 Å². The van der Waals surface area contributed by atoms with Gasteiger partial charge >= 0.3 is 0 Å². The van der Waals surface area contributed by atoms with Crippen LogP contribution >= 0.6 is 0 Å². The lowest BCUT2D eigenvalue weighted by Crippen LogP contribution is -2.52. The molecule has 4 nitrogen and oxygen atoms in total. The third kappa shape index (κ3) is 4.93. The van der Waals surface area contributed by atoms with E-state index >= 15 is 4.39 Å². The number of rotatable bonds is 7. The molecule has 184 valence electrons. The van der Waals surface area contributed by atoms with E-state index in [0.717, 1.165) is 67.9 Å². The molecule has 0 amide bonds. The van der Waals surface area contributed by atoms with Crippen LogP contribution in [0.15, 0.2) is 60.7 Å². The smallest absolute Gasteiger partial charge is 0.135 e. The molecule has 2 aliphatic rings. The summed E-state index contributed by atoms with van der Waals surface area (Å²) in [6.07, 6.45) is 4.13. The first-order valence-corrected chi connectivity index (χ1v) is 12.8. The Bertz CT molecular complexity index is 1180. The van der Waals surface area contributed by atoms with Crippen molar-refractivity contribution in [3.63, 3.8) is 0 Å². The zero-order valence-electron chi connectivity index (χ0n) is 20.7. The predicted molar refractivity (Wildman–Crippen MR) is 139 cm³/mol. The molecular weight excluding hydrogens is 439 g/mol. The van der Waals surface area contributed by atoms with E-state index in [-0.39, 0.29) is 17.5 Å². The van der Waals surface area contributed by atoms with E-state index in [9.17, 15) is 0 Å². The van der Waals surface area contributed by atoms with Crippen LogP contribution in [0.5, 0.6) is 5.75 Å². The van der Waals surface area contributed by atoms with E-state index in [1.54, 1.807) is 6.07 Å². The fraction of sp³-hybridized carbons (Fsp3) is 0.400. The molecular formula is C30H35FN2O2. The normalized spacial score (nSPS) is 17.8. The average Bonchev–Trinajstić information content (AvgIpc) is 2.86. The number of para-hydroxylation sites is 1. The Balaban J connectivity index is 1.48. The molecule has 0 aliphatic carbocycles. The van der Waals surface area contributed by atoms with Gasteiger partial charge in [0.2, 0.25) is 0 Å². The van der Waals surface area contributed by atoms with E-state index in [1.807, 2.05) is 43.3 Å². The summed E-state index contributed by atoms with van der Waals surface area (Å²) < 4.78 is 27.6. The summed E-state index contributed by atoms with van der Waals surface area (Å²) in [7, 11) is 0. The lowest BCUT2D eigenvalue weighted by atomic mass is 9.84. The molecule has 5 rings (SSSR count). The van der Waals surface area contributed by atoms with Gasteiger partial charge in [-0.2, -0.15) is 0 Å². The van der Waals surface area contributed by atoms with Crippen molar-refractivity contribution in [2.24, 2.45) is 5.73 Å². The van der Waals surface area contributed by atoms with Gasteiger partial charge in [-0.25, -0.2) is 4.39 Å². The second kappa shape index (κ2) is 10.00. The highest BCUT2D eigenvalue weighted by Gasteiger charge is 2.41. The van der Waals surface area contributed by atoms with Crippen LogP contribution in [0.25, 0.3) is 11.1 Å². The molecule has 35 heavy (non-hydrogen) atoms. The summed E-state index contributed by atoms with van der Waals surface area (Å²) in [6.45, 7) is 7.12. The van der Waals surface area contributed by atoms with E-state index in [1.165, 1.54) is 5.56 Å². The number of piperidine rings is 1. The van der Waals surface area contributed by atoms with Crippen LogP contribution in [0.1, 0.15) is 55.8 Å². The molecule has 0 aromatic heterocycles. The number of nitrogens with zero attached hydrogens (tertiary/aromatic N) is 1. The number of aryl methyl sites for hydroxylation is 1. The molecule has 2 N–H and O–H groups in total. The van der Waals surface area contributed by atoms with Gasteiger partial charge in [-0.3, -0.25) is 0 Å². The standard InChI is InChI=1S/C30H35FN2O2/c1-3-23-7-4-5-10-28(23)34-20-22-17-24(27-9-6-8-26(21(2)32)29(27)31)19-25(18-22)33-14-11-30(12-15-33)13-16-35-30/h4-10,17-19,21H,3,11-16,20,32H2,1-2H3. The van der Waals surface area contributed by atoms with E-state index in [0.29, 0.717) is 17.7 Å². The quantitative estimate of drug-likeness (QED) is 0.430. The second-order valence-corrected chi connectivity index (χ2v) is 9.90. The summed E-state index contributed by atoms with van der Waals surface area (Å²) in [5.41, 5.74) is 11.4. The molecule has 0 saturated carbocycles. The Kier molecular flexibility index (Phi) is 6.81. The highest BCUT2D eigenvalue weighted by atomic mass is 19.1. The van der Waals surface area contributed by atoms with Crippen molar-refractivity contribution >= 4 is 5.69 Å². The van der Waals surface area contributed by atoms with Crippen molar-refractivity contribution in [1.29, 1.82) is 0 Å². The number of hydrogen-bond donors (Lipinski definition) is 1. The van der Waals surface area contributed by atoms with Crippen LogP contribution in [0, 0.1) is 5.82 Å². The summed E-state index contributed by atoms with van der Waals surface area (Å²) in [5.74, 6) is 0.650. The molecule has 0 radical (unpaired) electrons. The number of hydrogen-bond acceptors (Lipinski definition) is 4. The topological polar surface area (TPSA) is 47.7 Å². The van der Waals surface area contributed by atoms with Gasteiger partial charge in [-0.15, -0.1) is 0 Å². The molecule has 1 unspecified atom stereocenters. The number of ether oxygens (including phenoxy) is 2. The van der Waals surface area contributed by atoms with Crippen LogP contribution in [0.4, 0.5) is 10.1 Å². The maximum Gasteiger partial charge on any atom is 0.135 e. The Morgan fingerprint density at radius 3 is 2.51 bits per heavy atom. The van der Waals surface area contributed by atoms with Crippen LogP contribution < -0.4 is 15.4 Å². The van der Waals surface area contributed by atoms with Gasteiger partial charge in [0.15, 0.2) is 0 Å². The molecule has 1 spiro atoms. The number of benzene rings is 3. The molecule has 2 saturated heterocycles. The van der Waals surface area contributed by atoms with E-state index in [4.69, 9.17) is 15.2 Å². The van der Waals surface area contributed by atoms with Gasteiger partial charge in [-0.1, -0.05) is 43.3 Å². The Hall–Kier alpha value is -2.89. The second-order valence-electron chi connectivity index (χ2n) is 9.90. The largest absolute Gasteiger partial charge is 0.489 e. The molecule has 2 fully saturated rings. The maximum atomic E-state index is 15.5. The molecule has 5 heteroatoms. The number of anilines is 1. The van der Waals surface area contributed by atoms with Crippen molar-refractivity contribution < 1.29 is 13.9 Å². The van der Waals surface area contributed by atoms with Crippen LogP contribution in [0.2, 0.25) is 0 Å². The van der Waals surface area contributed by atoms with Crippen molar-refractivity contribution in [1.82, 2.24) is 0 Å². The van der Waals surface area contributed by atoms with Gasteiger partial charge in [0.05, 0.1) is 12.2 Å². The summed E-state index contributed by atoms with van der Waals surface area (Å²) >= 11 is 0. The fourth-order valence-electron chi connectivity index (χ4n) is 5.28. The predicted octanol–water partition coefficient (Wildman–Crippen LogP) is 6.41. The van der Waals surface area contributed by atoms with Crippen molar-refractivity contribution in [2.45, 2.75) is 57.8 Å². The minimum absolute atomic E-state index is 0.0849. The highest BCUT2D eigenvalue weighted by molar-refractivity contribution is 5.71. The maximum absolute atomic E-state index is 15.5. The molecule has 1 atom stereocenters. The number of nitrogens with two attached hydrogens (primary N) is 1. The van der Waals surface area contributed by atoms with Crippen LogP contribution in [-0.2, 0) is 17.8 Å². The first-order chi connectivity index (χ1) is 17.0. The van der Waals surface area contributed by atoms with Crippen molar-refractivity contribution in [3.8, 4) is 16.9 Å². The van der Waals surface area contributed by atoms with Crippen LogP contribution in [-0.4, -0.2) is 25.3 Å². The third-order valence-electron chi connectivity index (χ3n) is 7.56. The first-order valence-electron chi connectivity index (χ1n) is 12.8. The van der Waals surface area contributed by atoms with Gasteiger partial charge < -0.3 is 20.1 Å². The summed E-state index contributed by atoms with van der Waals surface area (Å²) in [5, 5.41) is 0. The van der Waals surface area contributed by atoms with E-state index in [2.05, 4.69) is 30.0 Å². The van der Waals surface area contributed by atoms with Crippen molar-refractivity contribution in [2.75, 3.05) is 24.6 Å². The molecule has 2 heterocycles. The first kappa shape index (κ1) is 23.8. The Morgan fingerprint density at radius 1 is 1.06 bits per heavy atom. The molecule has 3 aromatic rings. The SMILES string of the molecule is CCc1ccccc1OCc1cc(-c2cccc(C(C)N)c2F)cc(N2CCC3(CCO3)CC2)c1. The zero-order valence-corrected chi connectivity index (χ0v) is 20.7. The Labute approximate surface area is 207 Å². The fourth-order valence-corrected chi connectivity index (χ4v) is 5.28. The molecule has 3 aromatic carbocycles. The van der Waals surface area contributed by atoms with Crippen LogP contribution in [0.3, 0.4) is 0 Å². The van der Waals surface area contributed by atoms with Gasteiger partial charge in [0, 0.05) is 35.9 Å². The minimum Gasteiger partial charge on any atom is -0.489 e. The number of halogens is 1. The average molecular weight is 475 g/mol. The third-order valence-corrected chi connectivity index (χ3v) is 7.56. The Morgan fingerprint density at radius 2 is 1.83 bits per heavy atom. The minimum atomic E-state index is -0.368. The van der Waals surface area contributed by atoms with E-state index < -0.39 is 0 Å². The van der Waals surface area contributed by atoms with Gasteiger partial charge in [-0.05, 0) is 73.6 Å². The summed E-state index contributed by atoms with van der Waals surface area (Å²) in [4.78, 5) is 2.40. The van der Waals surface area contributed by atoms with Gasteiger partial charge in [0.25, 0.3) is 0 Å². The zero-order chi connectivity index (χ0) is 24.4. The lowest BCUT2D eigenvalue weighted by molar-refractivity contribution is -0.158. The lowest BCUT2D eigenvalue weighted by Gasteiger charge is -2.48. The summed E-state index contributed by atoms with van der Waals surface area (Å²) in [6, 6.07) is 19.6. The van der Waals surface area contributed by atoms with Crippen molar-refractivity contribution in [3.05, 3.63) is 83.2 Å². The monoisotopic (exact) mass is 474 g/mol. The molecule has 0 bridgehead atoms. The molecule has 2 aliphatic heterocycles. The highest BCUT2D eigenvalue weighted by Crippen LogP contribution is 2.39.